The minimum absolute atomic E-state index is 0.290. The maximum Gasteiger partial charge on any atom is 0.0508 e. The van der Waals surface area contributed by atoms with E-state index >= 15 is 0 Å². The molecule has 4 bridgehead atoms. The third-order valence-corrected chi connectivity index (χ3v) is 6.16. The second-order valence-corrected chi connectivity index (χ2v) is 7.39. The molecule has 0 spiro atoms. The first-order valence-electron chi connectivity index (χ1n) is 8.13. The van der Waals surface area contributed by atoms with Crippen molar-refractivity contribution in [2.75, 3.05) is 0 Å². The molecule has 0 saturated heterocycles. The van der Waals surface area contributed by atoms with Gasteiger partial charge in [0, 0.05) is 11.9 Å². The predicted octanol–water partition coefficient (Wildman–Crippen LogP) is 2.97. The molecule has 4 aliphatic rings. The van der Waals surface area contributed by atoms with E-state index in [0.29, 0.717) is 0 Å². The van der Waals surface area contributed by atoms with Gasteiger partial charge in [0.05, 0.1) is 6.04 Å². The molecule has 0 aromatic carbocycles. The van der Waals surface area contributed by atoms with Crippen LogP contribution < -0.4 is 11.3 Å². The van der Waals surface area contributed by atoms with Gasteiger partial charge in [-0.15, -0.1) is 0 Å². The number of aromatic nitrogens is 1. The van der Waals surface area contributed by atoms with Crippen LogP contribution in [0.1, 0.15) is 49.4 Å². The van der Waals surface area contributed by atoms with Crippen LogP contribution in [0.2, 0.25) is 0 Å². The first-order chi connectivity index (χ1) is 9.74. The fraction of sp³-hybridized carbons (Fsp3) is 0.706. The van der Waals surface area contributed by atoms with E-state index < -0.39 is 0 Å². The maximum atomic E-state index is 5.95. The van der Waals surface area contributed by atoms with Gasteiger partial charge in [-0.25, -0.2) is 0 Å². The summed E-state index contributed by atoms with van der Waals surface area (Å²) < 4.78 is 0. The average molecular weight is 271 g/mol. The zero-order valence-electron chi connectivity index (χ0n) is 12.3. The lowest BCUT2D eigenvalue weighted by Gasteiger charge is -2.56. The molecule has 3 nitrogen and oxygen atoms in total. The lowest BCUT2D eigenvalue weighted by atomic mass is 9.50. The number of nitrogens with zero attached hydrogens (tertiary/aromatic N) is 1. The third-order valence-electron chi connectivity index (χ3n) is 6.16. The highest BCUT2D eigenvalue weighted by molar-refractivity contribution is 5.20. The van der Waals surface area contributed by atoms with Gasteiger partial charge in [0.1, 0.15) is 0 Å². The van der Waals surface area contributed by atoms with Crippen molar-refractivity contribution in [3.63, 3.8) is 0 Å². The van der Waals surface area contributed by atoms with Crippen molar-refractivity contribution >= 4 is 0 Å². The molecule has 5 rings (SSSR count). The zero-order chi connectivity index (χ0) is 13.7. The summed E-state index contributed by atoms with van der Waals surface area (Å²) in [5, 5.41) is 0. The smallest absolute Gasteiger partial charge is 0.0508 e. The topological polar surface area (TPSA) is 50.9 Å². The van der Waals surface area contributed by atoms with Crippen LogP contribution in [0.15, 0.2) is 18.3 Å². The van der Waals surface area contributed by atoms with E-state index in [0.717, 1.165) is 35.3 Å². The van der Waals surface area contributed by atoms with Crippen LogP contribution in [0, 0.1) is 36.5 Å². The Morgan fingerprint density at radius 3 is 2.25 bits per heavy atom. The van der Waals surface area contributed by atoms with Crippen molar-refractivity contribution in [1.29, 1.82) is 0 Å². The van der Waals surface area contributed by atoms with E-state index in [1.807, 2.05) is 13.1 Å². The molecule has 0 aliphatic heterocycles. The van der Waals surface area contributed by atoms with Gasteiger partial charge in [0.2, 0.25) is 0 Å². The number of aryl methyl sites for hydroxylation is 1. The summed E-state index contributed by atoms with van der Waals surface area (Å²) in [6, 6.07) is 4.60. The average Bonchev–Trinajstić information content (AvgIpc) is 2.43. The number of nitrogens with one attached hydrogen (secondary N) is 1. The molecule has 3 N–H and O–H groups in total. The van der Waals surface area contributed by atoms with Crippen LogP contribution in [0.4, 0.5) is 0 Å². The van der Waals surface area contributed by atoms with Gasteiger partial charge in [-0.1, -0.05) is 6.07 Å². The largest absolute Gasteiger partial charge is 0.271 e. The second kappa shape index (κ2) is 4.81. The van der Waals surface area contributed by atoms with Crippen molar-refractivity contribution in [2.24, 2.45) is 35.4 Å². The second-order valence-electron chi connectivity index (χ2n) is 7.39. The van der Waals surface area contributed by atoms with Crippen LogP contribution in [-0.4, -0.2) is 4.98 Å². The summed E-state index contributed by atoms with van der Waals surface area (Å²) in [6.45, 7) is 2.04. The van der Waals surface area contributed by atoms with Crippen molar-refractivity contribution in [3.05, 3.63) is 29.6 Å². The number of nitrogens with two attached hydrogens (primary N) is 1. The van der Waals surface area contributed by atoms with Gasteiger partial charge in [-0.05, 0) is 80.2 Å². The Morgan fingerprint density at radius 1 is 1.10 bits per heavy atom. The molecule has 1 heterocycles. The summed E-state index contributed by atoms with van der Waals surface area (Å²) in [5.74, 6) is 10.5. The van der Waals surface area contributed by atoms with Gasteiger partial charge in [-0.3, -0.25) is 16.3 Å². The number of hydrogen-bond acceptors (Lipinski definition) is 3. The number of hydrogen-bond donors (Lipinski definition) is 2. The Labute approximate surface area is 121 Å². The Bertz CT molecular complexity index is 454. The van der Waals surface area contributed by atoms with E-state index in [1.54, 1.807) is 0 Å². The van der Waals surface area contributed by atoms with Gasteiger partial charge in [0.15, 0.2) is 0 Å². The Morgan fingerprint density at radius 2 is 1.75 bits per heavy atom. The summed E-state index contributed by atoms with van der Waals surface area (Å²) >= 11 is 0. The minimum atomic E-state index is 0.290. The lowest BCUT2D eigenvalue weighted by Crippen LogP contribution is -2.50. The molecule has 4 saturated carbocycles. The number of pyridine rings is 1. The standard InChI is InChI=1S/C17H25N3/c1-10-2-3-13(9-19-10)17(20-18)16-14-5-11-4-12(7-14)8-15(16)6-11/h2-3,9,11-12,14-17,20H,4-8,18H2,1H3. The van der Waals surface area contributed by atoms with Gasteiger partial charge >= 0.3 is 0 Å². The maximum absolute atomic E-state index is 5.95. The number of rotatable bonds is 3. The normalized spacial score (nSPS) is 40.0. The minimum Gasteiger partial charge on any atom is -0.271 e. The number of hydrazine groups is 1. The molecule has 1 aromatic rings. The fourth-order valence-corrected chi connectivity index (χ4v) is 5.60. The first-order valence-corrected chi connectivity index (χ1v) is 8.13. The van der Waals surface area contributed by atoms with E-state index in [9.17, 15) is 0 Å². The van der Waals surface area contributed by atoms with Gasteiger partial charge in [0.25, 0.3) is 0 Å². The van der Waals surface area contributed by atoms with Crippen molar-refractivity contribution < 1.29 is 0 Å². The first kappa shape index (κ1) is 12.8. The van der Waals surface area contributed by atoms with E-state index in [2.05, 4.69) is 22.5 Å². The van der Waals surface area contributed by atoms with Crippen LogP contribution in [0.25, 0.3) is 0 Å². The fourth-order valence-electron chi connectivity index (χ4n) is 5.60. The van der Waals surface area contributed by atoms with Crippen molar-refractivity contribution in [1.82, 2.24) is 10.4 Å². The molecule has 3 heteroatoms. The predicted molar refractivity (Wildman–Crippen MR) is 79.6 cm³/mol. The van der Waals surface area contributed by atoms with Crippen LogP contribution in [0.3, 0.4) is 0 Å². The van der Waals surface area contributed by atoms with Gasteiger partial charge in [-0.2, -0.15) is 0 Å². The monoisotopic (exact) mass is 271 g/mol. The third kappa shape index (κ3) is 1.99. The molecular formula is C17H25N3. The Balaban J connectivity index is 1.63. The molecule has 0 radical (unpaired) electrons. The van der Waals surface area contributed by atoms with Crippen molar-refractivity contribution in [3.8, 4) is 0 Å². The zero-order valence-corrected chi connectivity index (χ0v) is 12.3. The molecule has 1 atom stereocenters. The molecule has 1 unspecified atom stereocenters. The molecular weight excluding hydrogens is 246 g/mol. The van der Waals surface area contributed by atoms with E-state index in [1.165, 1.54) is 37.7 Å². The highest BCUT2D eigenvalue weighted by atomic mass is 15.2. The summed E-state index contributed by atoms with van der Waals surface area (Å²) in [4.78, 5) is 4.46. The summed E-state index contributed by atoms with van der Waals surface area (Å²) in [7, 11) is 0. The molecule has 108 valence electrons. The Hall–Kier alpha value is -0.930. The SMILES string of the molecule is Cc1ccc(C(NN)C2C3CC4CC(C3)CC2C4)cn1. The van der Waals surface area contributed by atoms with Gasteiger partial charge < -0.3 is 0 Å². The lowest BCUT2D eigenvalue weighted by molar-refractivity contribution is -0.0526. The molecule has 0 amide bonds. The summed E-state index contributed by atoms with van der Waals surface area (Å²) in [6.07, 6.45) is 9.28. The molecule has 20 heavy (non-hydrogen) atoms. The van der Waals surface area contributed by atoms with Crippen LogP contribution >= 0.6 is 0 Å². The quantitative estimate of drug-likeness (QED) is 0.656. The van der Waals surface area contributed by atoms with E-state index in [-0.39, 0.29) is 6.04 Å². The van der Waals surface area contributed by atoms with Crippen molar-refractivity contribution in [2.45, 2.75) is 45.1 Å². The Kier molecular flexibility index (Phi) is 3.08. The highest BCUT2D eigenvalue weighted by Gasteiger charge is 2.50. The molecule has 4 fully saturated rings. The molecule has 1 aromatic heterocycles. The van der Waals surface area contributed by atoms with Crippen LogP contribution in [-0.2, 0) is 0 Å². The summed E-state index contributed by atoms with van der Waals surface area (Å²) in [5.41, 5.74) is 5.48. The van der Waals surface area contributed by atoms with Crippen LogP contribution in [0.5, 0.6) is 0 Å². The molecule has 4 aliphatic carbocycles. The van der Waals surface area contributed by atoms with E-state index in [4.69, 9.17) is 5.84 Å². The highest BCUT2D eigenvalue weighted by Crippen LogP contribution is 2.59.